The monoisotopic (exact) mass is 596 g/mol. The molecule has 0 heterocycles. The summed E-state index contributed by atoms with van der Waals surface area (Å²) >= 11 is 2.05. The summed E-state index contributed by atoms with van der Waals surface area (Å²) in [5, 5.41) is 9.07. The van der Waals surface area contributed by atoms with Crippen LogP contribution in [0.15, 0.2) is 47.6 Å². The number of rotatable bonds is 12. The van der Waals surface area contributed by atoms with Gasteiger partial charge < -0.3 is 24.8 Å². The molecule has 0 spiro atoms. The Balaban J connectivity index is 1.87. The molecular weight excluding hydrogens is 567 g/mol. The fraction of sp³-hybridized carbons (Fsp3) is 0.333. The molecule has 0 aromatic heterocycles. The number of para-hydroxylation sites is 1. The molecule has 0 fully saturated rings. The molecule has 2 rings (SSSR count). The van der Waals surface area contributed by atoms with Crippen LogP contribution in [-0.2, 0) is 19.1 Å². The summed E-state index contributed by atoms with van der Waals surface area (Å²) < 4.78 is 17.1. The molecule has 3 N–H and O–H groups in total. The van der Waals surface area contributed by atoms with E-state index in [1.165, 1.54) is 13.3 Å². The van der Waals surface area contributed by atoms with Gasteiger partial charge in [-0.05, 0) is 72.7 Å². The van der Waals surface area contributed by atoms with E-state index in [1.807, 2.05) is 54.6 Å². The number of nitrogens with zero attached hydrogens (tertiary/aromatic N) is 1. The lowest BCUT2D eigenvalue weighted by molar-refractivity contribution is -0.139. The quantitative estimate of drug-likeness (QED) is 0.114. The van der Waals surface area contributed by atoms with Gasteiger partial charge in [0, 0.05) is 18.8 Å². The maximum absolute atomic E-state index is 12.2. The smallest absolute Gasteiger partial charge is 0.329 e. The number of carbonyl (C=O) groups excluding carboxylic acids is 3. The first-order chi connectivity index (χ1) is 16.8. The molecule has 11 heteroatoms. The lowest BCUT2D eigenvalue weighted by Gasteiger charge is -2.13. The van der Waals surface area contributed by atoms with E-state index in [-0.39, 0.29) is 18.6 Å². The number of hydrogen-bond donors (Lipinski definition) is 3. The number of methoxy groups -OCH3 is 1. The van der Waals surface area contributed by atoms with Gasteiger partial charge in [0.2, 0.25) is 0 Å². The van der Waals surface area contributed by atoms with Crippen molar-refractivity contribution in [3.63, 3.8) is 0 Å². The minimum Gasteiger partial charge on any atom is -0.493 e. The number of ether oxygens (including phenoxy) is 3. The molecule has 10 nitrogen and oxygen atoms in total. The van der Waals surface area contributed by atoms with Gasteiger partial charge in [-0.3, -0.25) is 14.4 Å². The van der Waals surface area contributed by atoms with Gasteiger partial charge >= 0.3 is 11.8 Å². The summed E-state index contributed by atoms with van der Waals surface area (Å²) in [4.78, 5) is 35.9. The van der Waals surface area contributed by atoms with Crippen molar-refractivity contribution in [3.05, 3.63) is 51.6 Å². The number of carbonyl (C=O) groups is 3. The third-order valence-electron chi connectivity index (χ3n) is 4.30. The van der Waals surface area contributed by atoms with Crippen molar-refractivity contribution < 1.29 is 28.6 Å². The molecule has 188 valence electrons. The lowest BCUT2D eigenvalue weighted by atomic mass is 10.2. The van der Waals surface area contributed by atoms with E-state index >= 15 is 0 Å². The summed E-state index contributed by atoms with van der Waals surface area (Å²) in [6.45, 7) is 4.46. The molecule has 0 saturated heterocycles. The Kier molecular flexibility index (Phi) is 12.0. The highest BCUT2D eigenvalue weighted by Crippen LogP contribution is 2.33. The van der Waals surface area contributed by atoms with Crippen molar-refractivity contribution in [1.82, 2.24) is 10.7 Å². The molecule has 35 heavy (non-hydrogen) atoms. The van der Waals surface area contributed by atoms with Crippen LogP contribution < -0.4 is 25.5 Å². The van der Waals surface area contributed by atoms with Crippen molar-refractivity contribution >= 4 is 52.2 Å². The number of amides is 3. The van der Waals surface area contributed by atoms with Crippen molar-refractivity contribution in [2.75, 3.05) is 32.2 Å². The van der Waals surface area contributed by atoms with Crippen LogP contribution in [0.4, 0.5) is 5.69 Å². The second kappa shape index (κ2) is 14.9. The molecule has 0 aliphatic carbocycles. The second-order valence-corrected chi connectivity index (χ2v) is 8.63. The van der Waals surface area contributed by atoms with E-state index in [4.69, 9.17) is 14.2 Å². The van der Waals surface area contributed by atoms with Gasteiger partial charge in [-0.1, -0.05) is 18.2 Å². The Morgan fingerprint density at radius 3 is 2.54 bits per heavy atom. The zero-order valence-corrected chi connectivity index (χ0v) is 22.0. The fourth-order valence-electron chi connectivity index (χ4n) is 2.70. The van der Waals surface area contributed by atoms with E-state index < -0.39 is 11.8 Å². The predicted molar refractivity (Wildman–Crippen MR) is 141 cm³/mol. The summed E-state index contributed by atoms with van der Waals surface area (Å²) in [6.07, 6.45) is 2.09. The van der Waals surface area contributed by atoms with E-state index in [2.05, 4.69) is 21.2 Å². The third-order valence-corrected chi connectivity index (χ3v) is 5.10. The molecule has 0 aliphatic heterocycles. The molecule has 2 aromatic carbocycles. The van der Waals surface area contributed by atoms with Crippen molar-refractivity contribution in [2.45, 2.75) is 26.4 Å². The highest BCUT2D eigenvalue weighted by molar-refractivity contribution is 14.1. The van der Waals surface area contributed by atoms with Crippen LogP contribution in [0.25, 0.3) is 0 Å². The molecule has 0 unspecified atom stereocenters. The maximum Gasteiger partial charge on any atom is 0.329 e. The van der Waals surface area contributed by atoms with Gasteiger partial charge in [0.1, 0.15) is 0 Å². The Bertz CT molecular complexity index is 1030. The zero-order chi connectivity index (χ0) is 25.6. The first-order valence-electron chi connectivity index (χ1n) is 10.9. The van der Waals surface area contributed by atoms with E-state index in [9.17, 15) is 14.4 Å². The van der Waals surface area contributed by atoms with Crippen LogP contribution in [-0.4, -0.2) is 56.9 Å². The molecule has 3 amide bonds. The molecular formula is C24H29IN4O6. The van der Waals surface area contributed by atoms with Crippen molar-refractivity contribution in [1.29, 1.82) is 0 Å². The van der Waals surface area contributed by atoms with E-state index in [0.29, 0.717) is 45.9 Å². The number of nitrogens with one attached hydrogen (secondary N) is 3. The summed E-state index contributed by atoms with van der Waals surface area (Å²) in [7, 11) is 1.47. The minimum atomic E-state index is -0.878. The lowest BCUT2D eigenvalue weighted by Crippen LogP contribution is -2.38. The predicted octanol–water partition coefficient (Wildman–Crippen LogP) is 2.70. The Labute approximate surface area is 217 Å². The Morgan fingerprint density at radius 1 is 1.11 bits per heavy atom. The molecule has 2 aromatic rings. The second-order valence-electron chi connectivity index (χ2n) is 7.47. The first-order valence-corrected chi connectivity index (χ1v) is 12.0. The summed E-state index contributed by atoms with van der Waals surface area (Å²) in [5.74, 6) is -1.18. The molecule has 0 saturated carbocycles. The number of hydrogen-bond acceptors (Lipinski definition) is 7. The number of anilines is 1. The first kappa shape index (κ1) is 28.1. The zero-order valence-electron chi connectivity index (χ0n) is 19.8. The van der Waals surface area contributed by atoms with Crippen molar-refractivity contribution in [3.8, 4) is 11.5 Å². The number of benzene rings is 2. The van der Waals surface area contributed by atoms with E-state index in [0.717, 1.165) is 0 Å². The third kappa shape index (κ3) is 10.3. The SMILES string of the molecule is COc1cc(/C=N\NC(=O)C(=O)NCCCOC(C)C)cc(I)c1OCC(=O)Nc1ccccc1. The van der Waals surface area contributed by atoms with Crippen LogP contribution in [0, 0.1) is 3.57 Å². The van der Waals surface area contributed by atoms with Crippen LogP contribution in [0.3, 0.4) is 0 Å². The number of hydrazone groups is 1. The number of halogens is 1. The summed E-state index contributed by atoms with van der Waals surface area (Å²) in [6, 6.07) is 12.4. The molecule has 0 radical (unpaired) electrons. The molecule has 0 bridgehead atoms. The van der Waals surface area contributed by atoms with E-state index in [1.54, 1.807) is 24.3 Å². The largest absolute Gasteiger partial charge is 0.493 e. The standard InChI is InChI=1S/C24H29IN4O6/c1-16(2)34-11-7-10-26-23(31)24(32)29-27-14-17-12-19(25)22(20(13-17)33-3)35-15-21(30)28-18-8-5-4-6-9-18/h4-6,8-9,12-14,16H,7,10-11,15H2,1-3H3,(H,26,31)(H,28,30)(H,29,32)/b27-14-. The van der Waals surface area contributed by atoms with Gasteiger partial charge in [0.25, 0.3) is 5.91 Å². The van der Waals surface area contributed by atoms with Crippen LogP contribution in [0.2, 0.25) is 0 Å². The highest BCUT2D eigenvalue weighted by atomic mass is 127. The van der Waals surface area contributed by atoms with Gasteiger partial charge in [0.05, 0.1) is 23.0 Å². The minimum absolute atomic E-state index is 0.116. The summed E-state index contributed by atoms with van der Waals surface area (Å²) in [5.41, 5.74) is 3.45. The fourth-order valence-corrected chi connectivity index (χ4v) is 3.48. The van der Waals surface area contributed by atoms with Crippen molar-refractivity contribution in [2.24, 2.45) is 5.10 Å². The molecule has 0 atom stereocenters. The molecule has 0 aliphatic rings. The normalized spacial score (nSPS) is 10.8. The average molecular weight is 596 g/mol. The van der Waals surface area contributed by atoms with Crippen LogP contribution in [0.5, 0.6) is 11.5 Å². The van der Waals surface area contributed by atoms with Gasteiger partial charge in [-0.25, -0.2) is 5.43 Å². The van der Waals surface area contributed by atoms with Crippen LogP contribution >= 0.6 is 22.6 Å². The highest BCUT2D eigenvalue weighted by Gasteiger charge is 2.14. The maximum atomic E-state index is 12.2. The van der Waals surface area contributed by atoms with Crippen LogP contribution in [0.1, 0.15) is 25.8 Å². The average Bonchev–Trinajstić information content (AvgIpc) is 2.83. The van der Waals surface area contributed by atoms with Gasteiger partial charge in [-0.2, -0.15) is 5.10 Å². The Hall–Kier alpha value is -3.19. The van der Waals surface area contributed by atoms with Gasteiger partial charge in [0.15, 0.2) is 18.1 Å². The topological polar surface area (TPSA) is 127 Å². The van der Waals surface area contributed by atoms with Gasteiger partial charge in [-0.15, -0.1) is 0 Å². The Morgan fingerprint density at radius 2 is 1.86 bits per heavy atom.